The Balaban J connectivity index is 1.38. The van der Waals surface area contributed by atoms with Gasteiger partial charge in [0.2, 0.25) is 0 Å². The molecule has 3 unspecified atom stereocenters. The van der Waals surface area contributed by atoms with Gasteiger partial charge in [-0.15, -0.1) is 0 Å². The van der Waals surface area contributed by atoms with E-state index in [-0.39, 0.29) is 40.2 Å². The molecule has 5 aliphatic rings. The van der Waals surface area contributed by atoms with Crippen LogP contribution in [0.1, 0.15) is 70.3 Å². The van der Waals surface area contributed by atoms with Gasteiger partial charge in [-0.25, -0.2) is 4.79 Å². The molecule has 158 valence electrons. The molecule has 1 aromatic rings. The van der Waals surface area contributed by atoms with Gasteiger partial charge in [-0.2, -0.15) is 0 Å². The second-order valence-corrected chi connectivity index (χ2v) is 11.1. The summed E-state index contributed by atoms with van der Waals surface area (Å²) in [7, 11) is 0. The summed E-state index contributed by atoms with van der Waals surface area (Å²) in [4.78, 5) is 11.5. The quantitative estimate of drug-likeness (QED) is 0.707. The van der Waals surface area contributed by atoms with Crippen LogP contribution in [0.15, 0.2) is 27.6 Å². The second-order valence-electron chi connectivity index (χ2n) is 11.1. The number of aliphatic hydroxyl groups excluding tert-OH is 2. The van der Waals surface area contributed by atoms with Crippen molar-refractivity contribution in [3.05, 3.63) is 34.4 Å². The number of epoxide rings is 1. The van der Waals surface area contributed by atoms with E-state index in [1.54, 1.807) is 6.26 Å². The fourth-order valence-electron chi connectivity index (χ4n) is 8.81. The predicted octanol–water partition coefficient (Wildman–Crippen LogP) is 3.23. The molecule has 5 heteroatoms. The minimum absolute atomic E-state index is 0.0507. The molecule has 2 heterocycles. The fraction of sp³-hybridized carbons (Fsp3) is 0.792. The van der Waals surface area contributed by atoms with Gasteiger partial charge in [-0.05, 0) is 79.7 Å². The third-order valence-corrected chi connectivity index (χ3v) is 10.2. The molecule has 1 spiro atoms. The second kappa shape index (κ2) is 5.74. The van der Waals surface area contributed by atoms with Crippen molar-refractivity contribution < 1.29 is 19.4 Å². The van der Waals surface area contributed by atoms with E-state index in [0.29, 0.717) is 17.8 Å². The highest BCUT2D eigenvalue weighted by atomic mass is 16.6. The van der Waals surface area contributed by atoms with E-state index in [9.17, 15) is 15.0 Å². The van der Waals surface area contributed by atoms with E-state index in [4.69, 9.17) is 9.15 Å². The van der Waals surface area contributed by atoms with Crippen molar-refractivity contribution in [3.8, 4) is 0 Å². The van der Waals surface area contributed by atoms with Crippen LogP contribution < -0.4 is 5.63 Å². The van der Waals surface area contributed by atoms with Gasteiger partial charge in [0.25, 0.3) is 0 Å². The molecule has 1 saturated heterocycles. The van der Waals surface area contributed by atoms with E-state index in [1.807, 2.05) is 6.07 Å². The molecule has 29 heavy (non-hydrogen) atoms. The summed E-state index contributed by atoms with van der Waals surface area (Å²) in [5.74, 6) is 1.63. The van der Waals surface area contributed by atoms with E-state index < -0.39 is 6.10 Å². The summed E-state index contributed by atoms with van der Waals surface area (Å²) in [5.41, 5.74) is 0.457. The number of aliphatic hydroxyl groups is 2. The smallest absolute Gasteiger partial charge is 0.335 e. The van der Waals surface area contributed by atoms with E-state index in [0.717, 1.165) is 50.5 Å². The van der Waals surface area contributed by atoms with Gasteiger partial charge in [-0.1, -0.05) is 13.8 Å². The van der Waals surface area contributed by atoms with Crippen LogP contribution in [0.2, 0.25) is 0 Å². The first-order valence-corrected chi connectivity index (χ1v) is 11.4. The standard InChI is InChI=1S/C24H32O5/c1-22-9-7-15(25)11-14(22)4-5-17-16(22)8-10-23(2)19(13-3-6-18(26)28-12-13)20(27)21-24(17,23)29-21/h3,6,12,14-17,19-21,25,27H,4-5,7-11H2,1-2H3/t14-,15?,16+,17-,19+,20?,21-,22+,23?,24-/m1/s1. The first-order chi connectivity index (χ1) is 13.8. The zero-order valence-corrected chi connectivity index (χ0v) is 17.3. The van der Waals surface area contributed by atoms with Gasteiger partial charge in [0, 0.05) is 17.4 Å². The summed E-state index contributed by atoms with van der Waals surface area (Å²) in [6, 6.07) is 3.30. The molecule has 6 rings (SSSR count). The Morgan fingerprint density at radius 1 is 1.03 bits per heavy atom. The van der Waals surface area contributed by atoms with Crippen molar-refractivity contribution in [2.75, 3.05) is 0 Å². The first kappa shape index (κ1) is 18.6. The van der Waals surface area contributed by atoms with Crippen molar-refractivity contribution in [2.24, 2.45) is 28.6 Å². The summed E-state index contributed by atoms with van der Waals surface area (Å²) in [6.07, 6.45) is 8.19. The molecule has 4 aliphatic carbocycles. The molecular weight excluding hydrogens is 368 g/mol. The van der Waals surface area contributed by atoms with Crippen LogP contribution in [0, 0.1) is 28.6 Å². The van der Waals surface area contributed by atoms with Gasteiger partial charge in [0.15, 0.2) is 0 Å². The number of fused-ring (bicyclic) bond motifs is 3. The lowest BCUT2D eigenvalue weighted by Gasteiger charge is -2.61. The SMILES string of the molecule is CC12CC[C@H]3[C@@H](CC[C@@H]4CC(O)CC[C@@]43C)[C@]13O[C@@H]3C(O)[C@@H]2c1ccc(=O)oc1. The number of hydrogen-bond donors (Lipinski definition) is 2. The van der Waals surface area contributed by atoms with Crippen molar-refractivity contribution in [1.82, 2.24) is 0 Å². The van der Waals surface area contributed by atoms with Gasteiger partial charge in [-0.3, -0.25) is 0 Å². The largest absolute Gasteiger partial charge is 0.431 e. The lowest BCUT2D eigenvalue weighted by atomic mass is 9.44. The molecule has 5 nitrogen and oxygen atoms in total. The Kier molecular flexibility index (Phi) is 3.68. The van der Waals surface area contributed by atoms with Crippen molar-refractivity contribution >= 4 is 0 Å². The minimum Gasteiger partial charge on any atom is -0.431 e. The lowest BCUT2D eigenvalue weighted by molar-refractivity contribution is -0.143. The Morgan fingerprint density at radius 2 is 1.86 bits per heavy atom. The third kappa shape index (κ3) is 2.14. The van der Waals surface area contributed by atoms with Crippen molar-refractivity contribution in [2.45, 2.75) is 88.6 Å². The summed E-state index contributed by atoms with van der Waals surface area (Å²) in [6.45, 7) is 4.76. The average Bonchev–Trinajstić information content (AvgIpc) is 3.40. The zero-order valence-electron chi connectivity index (χ0n) is 17.3. The summed E-state index contributed by atoms with van der Waals surface area (Å²) >= 11 is 0. The van der Waals surface area contributed by atoms with Gasteiger partial charge >= 0.3 is 5.63 Å². The molecule has 0 bridgehead atoms. The molecule has 0 amide bonds. The van der Waals surface area contributed by atoms with Gasteiger partial charge < -0.3 is 19.4 Å². The Labute approximate surface area is 171 Å². The monoisotopic (exact) mass is 400 g/mol. The Bertz CT molecular complexity index is 875. The highest BCUT2D eigenvalue weighted by Gasteiger charge is 2.83. The van der Waals surface area contributed by atoms with Gasteiger partial charge in [0.1, 0.15) is 11.7 Å². The van der Waals surface area contributed by atoms with E-state index in [2.05, 4.69) is 13.8 Å². The Morgan fingerprint density at radius 3 is 2.62 bits per heavy atom. The number of rotatable bonds is 1. The molecule has 0 radical (unpaired) electrons. The molecule has 4 saturated carbocycles. The fourth-order valence-corrected chi connectivity index (χ4v) is 8.81. The maximum absolute atomic E-state index is 11.5. The van der Waals surface area contributed by atoms with Crippen LogP contribution in [-0.2, 0) is 4.74 Å². The first-order valence-electron chi connectivity index (χ1n) is 11.4. The average molecular weight is 401 g/mol. The normalized spacial score (nSPS) is 55.4. The van der Waals surface area contributed by atoms with Crippen LogP contribution in [0.3, 0.4) is 0 Å². The zero-order chi connectivity index (χ0) is 20.2. The Hall–Kier alpha value is -1.17. The van der Waals surface area contributed by atoms with Crippen molar-refractivity contribution in [3.63, 3.8) is 0 Å². The van der Waals surface area contributed by atoms with Crippen LogP contribution in [0.25, 0.3) is 0 Å². The summed E-state index contributed by atoms with van der Waals surface area (Å²) < 4.78 is 11.6. The van der Waals surface area contributed by atoms with Gasteiger partial charge in [0.05, 0.1) is 18.5 Å². The highest BCUT2D eigenvalue weighted by molar-refractivity contribution is 5.38. The molecule has 1 aromatic heterocycles. The molecule has 2 N–H and O–H groups in total. The third-order valence-electron chi connectivity index (χ3n) is 10.2. The van der Waals surface area contributed by atoms with Crippen LogP contribution >= 0.6 is 0 Å². The number of ether oxygens (including phenoxy) is 1. The highest BCUT2D eigenvalue weighted by Crippen LogP contribution is 2.77. The maximum atomic E-state index is 11.5. The maximum Gasteiger partial charge on any atom is 0.335 e. The predicted molar refractivity (Wildman–Crippen MR) is 106 cm³/mol. The molecular formula is C24H32O5. The van der Waals surface area contributed by atoms with E-state index >= 15 is 0 Å². The minimum atomic E-state index is -0.551. The van der Waals surface area contributed by atoms with Crippen LogP contribution in [-0.4, -0.2) is 34.1 Å². The van der Waals surface area contributed by atoms with Crippen LogP contribution in [0.4, 0.5) is 0 Å². The summed E-state index contributed by atoms with van der Waals surface area (Å²) in [5, 5.41) is 21.5. The molecule has 10 atom stereocenters. The topological polar surface area (TPSA) is 83.2 Å². The lowest BCUT2D eigenvalue weighted by Crippen LogP contribution is -2.58. The van der Waals surface area contributed by atoms with E-state index in [1.165, 1.54) is 6.07 Å². The number of hydrogen-bond acceptors (Lipinski definition) is 5. The molecule has 1 aliphatic heterocycles. The van der Waals surface area contributed by atoms with Crippen molar-refractivity contribution in [1.29, 1.82) is 0 Å². The molecule has 0 aromatic carbocycles. The van der Waals surface area contributed by atoms with Crippen LogP contribution in [0.5, 0.6) is 0 Å². The molecule has 5 fully saturated rings.